The van der Waals surface area contributed by atoms with Crippen LogP contribution in [0.3, 0.4) is 0 Å². The van der Waals surface area contributed by atoms with Gasteiger partial charge in [0, 0.05) is 16.7 Å². The zero-order chi connectivity index (χ0) is 19.8. The predicted octanol–water partition coefficient (Wildman–Crippen LogP) is 2.63. The molecule has 0 fully saturated rings. The van der Waals surface area contributed by atoms with Crippen LogP contribution in [0.25, 0.3) is 0 Å². The Morgan fingerprint density at radius 1 is 0.714 bits per heavy atom. The first-order valence-electron chi connectivity index (χ1n) is 8.11. The molecule has 8 nitrogen and oxygen atoms in total. The van der Waals surface area contributed by atoms with E-state index >= 15 is 0 Å². The summed E-state index contributed by atoms with van der Waals surface area (Å²) in [5, 5.41) is 40.4. The van der Waals surface area contributed by atoms with Gasteiger partial charge in [-0.25, -0.2) is 4.18 Å². The van der Waals surface area contributed by atoms with Gasteiger partial charge >= 0.3 is 0 Å². The van der Waals surface area contributed by atoms with Gasteiger partial charge in [0.05, 0.1) is 0 Å². The average molecular weight is 400 g/mol. The lowest BCUT2D eigenvalue weighted by Crippen LogP contribution is -2.33. The molecule has 28 heavy (non-hydrogen) atoms. The lowest BCUT2D eigenvalue weighted by molar-refractivity contribution is 0.160. The minimum atomic E-state index is -4.19. The number of hydrogen-bond acceptors (Lipinski definition) is 8. The molecule has 0 aliphatic carbocycles. The molecule has 9 heteroatoms. The highest BCUT2D eigenvalue weighted by Gasteiger charge is 2.56. The van der Waals surface area contributed by atoms with E-state index < -0.39 is 38.7 Å². The fourth-order valence-corrected chi connectivity index (χ4v) is 5.15. The van der Waals surface area contributed by atoms with E-state index in [2.05, 4.69) is 0 Å². The second-order valence-electron chi connectivity index (χ2n) is 6.44. The second kappa shape index (κ2) is 5.09. The first-order valence-corrected chi connectivity index (χ1v) is 9.52. The number of rotatable bonds is 0. The van der Waals surface area contributed by atoms with Crippen LogP contribution >= 0.6 is 0 Å². The van der Waals surface area contributed by atoms with Crippen LogP contribution in [-0.4, -0.2) is 28.8 Å². The first-order chi connectivity index (χ1) is 13.3. The molecule has 3 aromatic rings. The molecule has 0 atom stereocenters. The van der Waals surface area contributed by atoms with Crippen LogP contribution < -0.4 is 4.74 Å². The third kappa shape index (κ3) is 1.84. The van der Waals surface area contributed by atoms with E-state index in [1.807, 2.05) is 0 Å². The smallest absolute Gasteiger partial charge is 0.298 e. The van der Waals surface area contributed by atoms with Crippen molar-refractivity contribution < 1.29 is 37.8 Å². The highest BCUT2D eigenvalue weighted by molar-refractivity contribution is 7.87. The van der Waals surface area contributed by atoms with Crippen molar-refractivity contribution in [2.75, 3.05) is 0 Å². The van der Waals surface area contributed by atoms with Gasteiger partial charge in [-0.05, 0) is 30.3 Å². The van der Waals surface area contributed by atoms with E-state index in [4.69, 9.17) is 8.92 Å². The van der Waals surface area contributed by atoms with E-state index in [9.17, 15) is 28.8 Å². The van der Waals surface area contributed by atoms with Crippen molar-refractivity contribution in [1.29, 1.82) is 0 Å². The minimum absolute atomic E-state index is 0.0751. The summed E-state index contributed by atoms with van der Waals surface area (Å²) in [7, 11) is -4.19. The maximum Gasteiger partial charge on any atom is 0.298 e. The summed E-state index contributed by atoms with van der Waals surface area (Å²) >= 11 is 0. The number of fused-ring (bicyclic) bond motifs is 6. The Morgan fingerprint density at radius 2 is 1.25 bits per heavy atom. The summed E-state index contributed by atoms with van der Waals surface area (Å²) in [5.74, 6) is -2.91. The molecule has 1 spiro atoms. The molecule has 2 heterocycles. The number of aromatic hydroxyl groups is 4. The van der Waals surface area contributed by atoms with E-state index in [1.165, 1.54) is 30.3 Å². The average Bonchev–Trinajstić information content (AvgIpc) is 2.91. The molecule has 4 N–H and O–H groups in total. The zero-order valence-electron chi connectivity index (χ0n) is 13.9. The Bertz CT molecular complexity index is 1220. The Hall–Kier alpha value is -3.43. The van der Waals surface area contributed by atoms with Gasteiger partial charge in [-0.15, -0.1) is 0 Å². The van der Waals surface area contributed by atoms with Crippen molar-refractivity contribution in [3.05, 3.63) is 65.2 Å². The van der Waals surface area contributed by atoms with Crippen LogP contribution in [-0.2, 0) is 19.9 Å². The van der Waals surface area contributed by atoms with Crippen molar-refractivity contribution in [2.45, 2.75) is 10.5 Å². The predicted molar refractivity (Wildman–Crippen MR) is 94.2 cm³/mol. The summed E-state index contributed by atoms with van der Waals surface area (Å²) < 4.78 is 36.7. The van der Waals surface area contributed by atoms with Gasteiger partial charge in [0.2, 0.25) is 11.5 Å². The van der Waals surface area contributed by atoms with Gasteiger partial charge in [0.25, 0.3) is 10.1 Å². The molecule has 0 amide bonds. The quantitative estimate of drug-likeness (QED) is 0.334. The normalized spacial score (nSPS) is 17.4. The Morgan fingerprint density at radius 3 is 1.82 bits per heavy atom. The first kappa shape index (κ1) is 16.7. The lowest BCUT2D eigenvalue weighted by atomic mass is 9.77. The Labute approximate surface area is 158 Å². The van der Waals surface area contributed by atoms with Gasteiger partial charge < -0.3 is 25.2 Å². The lowest BCUT2D eigenvalue weighted by Gasteiger charge is -2.36. The van der Waals surface area contributed by atoms with Gasteiger partial charge in [-0.1, -0.05) is 18.2 Å². The van der Waals surface area contributed by atoms with Crippen molar-refractivity contribution in [3.63, 3.8) is 0 Å². The molecule has 3 aromatic carbocycles. The van der Waals surface area contributed by atoms with Gasteiger partial charge in [-0.2, -0.15) is 8.42 Å². The molecule has 0 unspecified atom stereocenters. The maximum absolute atomic E-state index is 12.8. The summed E-state index contributed by atoms with van der Waals surface area (Å²) in [6.07, 6.45) is 0. The van der Waals surface area contributed by atoms with Crippen molar-refractivity contribution in [2.24, 2.45) is 0 Å². The van der Waals surface area contributed by atoms with Crippen LogP contribution in [0.15, 0.2) is 53.4 Å². The molecule has 0 bridgehead atoms. The van der Waals surface area contributed by atoms with Crippen LogP contribution in [0.1, 0.15) is 16.7 Å². The Kier molecular flexibility index (Phi) is 3.04. The molecule has 5 rings (SSSR count). The van der Waals surface area contributed by atoms with E-state index in [-0.39, 0.29) is 33.1 Å². The van der Waals surface area contributed by atoms with Gasteiger partial charge in [0.1, 0.15) is 4.90 Å². The molecule has 2 aliphatic heterocycles. The third-order valence-electron chi connectivity index (χ3n) is 4.95. The van der Waals surface area contributed by atoms with Crippen LogP contribution in [0, 0.1) is 0 Å². The SMILES string of the molecule is O=S1(=O)OC2(c3ccccc31)c1ccc(O)c(O)c1Oc1c2ccc(O)c1O. The summed E-state index contributed by atoms with van der Waals surface area (Å²) in [5.41, 5.74) is -1.30. The van der Waals surface area contributed by atoms with Gasteiger partial charge in [-0.3, -0.25) is 0 Å². The molecule has 0 aromatic heterocycles. The fraction of sp³-hybridized carbons (Fsp3) is 0.0526. The van der Waals surface area contributed by atoms with Gasteiger partial charge in [0.15, 0.2) is 28.6 Å². The number of hydrogen-bond donors (Lipinski definition) is 4. The van der Waals surface area contributed by atoms with Crippen molar-refractivity contribution in [3.8, 4) is 34.5 Å². The summed E-state index contributed by atoms with van der Waals surface area (Å²) in [6, 6.07) is 11.2. The van der Waals surface area contributed by atoms with Crippen molar-refractivity contribution >= 4 is 10.1 Å². The Balaban J connectivity index is 1.99. The third-order valence-corrected chi connectivity index (χ3v) is 6.32. The fourth-order valence-electron chi connectivity index (χ4n) is 3.74. The minimum Gasteiger partial charge on any atom is -0.504 e. The summed E-state index contributed by atoms with van der Waals surface area (Å²) in [6.45, 7) is 0. The number of phenols is 4. The zero-order valence-corrected chi connectivity index (χ0v) is 14.8. The number of ether oxygens (including phenoxy) is 1. The number of phenolic OH excluding ortho intramolecular Hbond substituents is 4. The molecule has 0 saturated heterocycles. The molecule has 0 saturated carbocycles. The van der Waals surface area contributed by atoms with E-state index in [0.717, 1.165) is 0 Å². The molecule has 0 radical (unpaired) electrons. The van der Waals surface area contributed by atoms with Crippen LogP contribution in [0.4, 0.5) is 0 Å². The van der Waals surface area contributed by atoms with Crippen LogP contribution in [0.2, 0.25) is 0 Å². The molecular weight excluding hydrogens is 388 g/mol. The van der Waals surface area contributed by atoms with E-state index in [1.54, 1.807) is 18.2 Å². The topological polar surface area (TPSA) is 134 Å². The standard InChI is InChI=1S/C19H12O8S/c20-12-7-5-10-17(15(12)22)26-18-11(6-8-13(21)16(18)23)19(10)9-3-1-2-4-14(9)28(24,25)27-19/h1-8,20-23H. The highest BCUT2D eigenvalue weighted by Crippen LogP contribution is 2.62. The molecule has 142 valence electrons. The van der Waals surface area contributed by atoms with E-state index in [0.29, 0.717) is 0 Å². The van der Waals surface area contributed by atoms with Crippen LogP contribution in [0.5, 0.6) is 34.5 Å². The second-order valence-corrected chi connectivity index (χ2v) is 7.95. The molecular formula is C19H12O8S. The summed E-state index contributed by atoms with van der Waals surface area (Å²) in [4.78, 5) is -0.0751. The van der Waals surface area contributed by atoms with Crippen molar-refractivity contribution in [1.82, 2.24) is 0 Å². The maximum atomic E-state index is 12.8. The number of benzene rings is 3. The highest BCUT2D eigenvalue weighted by atomic mass is 32.2. The molecule has 2 aliphatic rings. The largest absolute Gasteiger partial charge is 0.504 e. The monoisotopic (exact) mass is 400 g/mol.